The van der Waals surface area contributed by atoms with Crippen LogP contribution in [0.2, 0.25) is 0 Å². The van der Waals surface area contributed by atoms with Gasteiger partial charge in [0.1, 0.15) is 11.2 Å². The van der Waals surface area contributed by atoms with Crippen molar-refractivity contribution in [1.82, 2.24) is 15.0 Å². The number of aromatic nitrogens is 3. The third-order valence-electron chi connectivity index (χ3n) is 9.48. The lowest BCUT2D eigenvalue weighted by Crippen LogP contribution is -2.00. The van der Waals surface area contributed by atoms with Crippen LogP contribution < -0.4 is 0 Å². The summed E-state index contributed by atoms with van der Waals surface area (Å²) >= 11 is 0. The second-order valence-electron chi connectivity index (χ2n) is 12.4. The van der Waals surface area contributed by atoms with Gasteiger partial charge in [0.05, 0.1) is 0 Å². The smallest absolute Gasteiger partial charge is 0.164 e. The Kier molecular flexibility index (Phi) is 6.15. The summed E-state index contributed by atoms with van der Waals surface area (Å²) in [7, 11) is 0. The van der Waals surface area contributed by atoms with Crippen LogP contribution in [0.3, 0.4) is 0 Å². The Balaban J connectivity index is 1.21. The average molecular weight is 626 g/mol. The molecule has 0 spiro atoms. The summed E-state index contributed by atoms with van der Waals surface area (Å²) in [5, 5.41) is 9.13. The number of furan rings is 1. The van der Waals surface area contributed by atoms with Crippen molar-refractivity contribution in [3.05, 3.63) is 164 Å². The predicted molar refractivity (Wildman–Crippen MR) is 201 cm³/mol. The van der Waals surface area contributed by atoms with Gasteiger partial charge < -0.3 is 4.42 Å². The van der Waals surface area contributed by atoms with E-state index in [2.05, 4.69) is 127 Å². The van der Waals surface area contributed by atoms with Crippen molar-refractivity contribution in [3.8, 4) is 45.3 Å². The van der Waals surface area contributed by atoms with Crippen LogP contribution >= 0.6 is 0 Å². The molecule has 0 saturated carbocycles. The van der Waals surface area contributed by atoms with Gasteiger partial charge >= 0.3 is 0 Å². The third kappa shape index (κ3) is 4.57. The Hall–Kier alpha value is -6.65. The molecule has 10 rings (SSSR count). The van der Waals surface area contributed by atoms with Crippen LogP contribution in [0.25, 0.3) is 99.5 Å². The Morgan fingerprint density at radius 2 is 0.959 bits per heavy atom. The van der Waals surface area contributed by atoms with Gasteiger partial charge in [-0.3, -0.25) is 0 Å². The topological polar surface area (TPSA) is 51.8 Å². The van der Waals surface area contributed by atoms with E-state index in [0.29, 0.717) is 17.5 Å². The Labute approximate surface area is 282 Å². The third-order valence-corrected chi connectivity index (χ3v) is 9.48. The average Bonchev–Trinajstić information content (AvgIpc) is 3.54. The quantitative estimate of drug-likeness (QED) is 0.195. The van der Waals surface area contributed by atoms with Crippen LogP contribution in [-0.4, -0.2) is 15.0 Å². The molecule has 0 fully saturated rings. The molecule has 0 atom stereocenters. The number of nitrogens with zero attached hydrogens (tertiary/aromatic N) is 3. The maximum atomic E-state index is 6.76. The normalized spacial score (nSPS) is 11.7. The van der Waals surface area contributed by atoms with Crippen LogP contribution in [0, 0.1) is 0 Å². The molecule has 8 aromatic carbocycles. The van der Waals surface area contributed by atoms with E-state index in [4.69, 9.17) is 19.4 Å². The monoisotopic (exact) mass is 625 g/mol. The largest absolute Gasteiger partial charge is 0.455 e. The molecule has 0 N–H and O–H groups in total. The van der Waals surface area contributed by atoms with Gasteiger partial charge in [0.2, 0.25) is 0 Å². The van der Waals surface area contributed by atoms with Gasteiger partial charge in [-0.05, 0) is 68.2 Å². The van der Waals surface area contributed by atoms with E-state index >= 15 is 0 Å². The Morgan fingerprint density at radius 3 is 1.78 bits per heavy atom. The second-order valence-corrected chi connectivity index (χ2v) is 12.4. The molecule has 0 bridgehead atoms. The van der Waals surface area contributed by atoms with Crippen LogP contribution in [-0.2, 0) is 0 Å². The Bertz CT molecular complexity index is 2890. The number of hydrogen-bond donors (Lipinski definition) is 0. The number of rotatable bonds is 4. The summed E-state index contributed by atoms with van der Waals surface area (Å²) in [4.78, 5) is 15.1. The van der Waals surface area contributed by atoms with E-state index < -0.39 is 0 Å². The molecular weight excluding hydrogens is 599 g/mol. The molecule has 0 aliphatic carbocycles. The van der Waals surface area contributed by atoms with E-state index in [1.54, 1.807) is 0 Å². The van der Waals surface area contributed by atoms with Gasteiger partial charge in [0.15, 0.2) is 17.5 Å². The lowest BCUT2D eigenvalue weighted by Gasteiger charge is -2.11. The first-order chi connectivity index (χ1) is 24.3. The van der Waals surface area contributed by atoms with E-state index in [-0.39, 0.29) is 0 Å². The summed E-state index contributed by atoms with van der Waals surface area (Å²) in [6.07, 6.45) is 0. The lowest BCUT2D eigenvalue weighted by atomic mass is 9.92. The molecule has 2 aromatic heterocycles. The standard InChI is InChI=1S/C45H27N3O/c1-2-13-30(14-3-1)43-46-44(33-22-21-28-11-4-5-15-31(28)25-33)48-45(47-43)34-23-24-40-38(27-34)39-26-32-16-7-9-19-36(32)41(42(39)49-40)37-20-10-17-29-12-6-8-18-35(29)37/h1-27H. The molecule has 4 nitrogen and oxygen atoms in total. The fourth-order valence-corrected chi connectivity index (χ4v) is 7.10. The summed E-state index contributed by atoms with van der Waals surface area (Å²) in [5.41, 5.74) is 6.74. The molecule has 0 amide bonds. The van der Waals surface area contributed by atoms with Crippen molar-refractivity contribution in [2.75, 3.05) is 0 Å². The van der Waals surface area contributed by atoms with E-state index in [1.165, 1.54) is 16.2 Å². The van der Waals surface area contributed by atoms with Gasteiger partial charge in [0.25, 0.3) is 0 Å². The maximum Gasteiger partial charge on any atom is 0.164 e. The predicted octanol–water partition coefficient (Wildman–Crippen LogP) is 11.9. The fourth-order valence-electron chi connectivity index (χ4n) is 7.10. The maximum absolute atomic E-state index is 6.76. The van der Waals surface area contributed by atoms with Gasteiger partial charge in [-0.15, -0.1) is 0 Å². The zero-order valence-corrected chi connectivity index (χ0v) is 26.3. The van der Waals surface area contributed by atoms with Gasteiger partial charge in [-0.25, -0.2) is 15.0 Å². The molecular formula is C45H27N3O. The molecule has 10 aromatic rings. The first-order valence-corrected chi connectivity index (χ1v) is 16.4. The molecule has 0 aliphatic heterocycles. The molecule has 228 valence electrons. The molecule has 0 unspecified atom stereocenters. The first kappa shape index (κ1) is 27.5. The van der Waals surface area contributed by atoms with Crippen molar-refractivity contribution in [2.24, 2.45) is 0 Å². The van der Waals surface area contributed by atoms with Crippen LogP contribution in [0.5, 0.6) is 0 Å². The molecule has 0 saturated heterocycles. The van der Waals surface area contributed by atoms with Crippen LogP contribution in [0.15, 0.2) is 168 Å². The zero-order chi connectivity index (χ0) is 32.3. The highest BCUT2D eigenvalue weighted by Crippen LogP contribution is 2.44. The fraction of sp³-hybridized carbons (Fsp3) is 0. The highest BCUT2D eigenvalue weighted by atomic mass is 16.3. The minimum atomic E-state index is 0.614. The van der Waals surface area contributed by atoms with Crippen molar-refractivity contribution in [1.29, 1.82) is 0 Å². The van der Waals surface area contributed by atoms with Crippen molar-refractivity contribution in [3.63, 3.8) is 0 Å². The highest BCUT2D eigenvalue weighted by molar-refractivity contribution is 6.21. The number of hydrogen-bond acceptors (Lipinski definition) is 4. The van der Waals surface area contributed by atoms with Gasteiger partial charge in [-0.1, -0.05) is 133 Å². The van der Waals surface area contributed by atoms with Gasteiger partial charge in [0, 0.05) is 33.0 Å². The molecule has 0 radical (unpaired) electrons. The van der Waals surface area contributed by atoms with E-state index in [1.807, 2.05) is 36.4 Å². The lowest BCUT2D eigenvalue weighted by molar-refractivity contribution is 0.670. The molecule has 49 heavy (non-hydrogen) atoms. The SMILES string of the molecule is c1ccc(-c2nc(-c3ccc4ccccc4c3)nc(-c3ccc4oc5c(-c6cccc7ccccc67)c6ccccc6cc5c4c3)n2)cc1. The van der Waals surface area contributed by atoms with E-state index in [0.717, 1.165) is 65.9 Å². The Morgan fingerprint density at radius 1 is 0.347 bits per heavy atom. The summed E-state index contributed by atoms with van der Waals surface area (Å²) < 4.78 is 6.76. The minimum absolute atomic E-state index is 0.614. The first-order valence-electron chi connectivity index (χ1n) is 16.4. The second kappa shape index (κ2) is 11.0. The van der Waals surface area contributed by atoms with Crippen molar-refractivity contribution >= 4 is 54.3 Å². The van der Waals surface area contributed by atoms with Crippen LogP contribution in [0.4, 0.5) is 0 Å². The summed E-state index contributed by atoms with van der Waals surface area (Å²) in [5.74, 6) is 1.88. The highest BCUT2D eigenvalue weighted by Gasteiger charge is 2.20. The minimum Gasteiger partial charge on any atom is -0.455 e. The van der Waals surface area contributed by atoms with Crippen LogP contribution in [0.1, 0.15) is 0 Å². The molecule has 0 aliphatic rings. The molecule has 4 heteroatoms. The summed E-state index contributed by atoms with van der Waals surface area (Å²) in [6.45, 7) is 0. The summed E-state index contributed by atoms with van der Waals surface area (Å²) in [6, 6.07) is 56.9. The van der Waals surface area contributed by atoms with E-state index in [9.17, 15) is 0 Å². The zero-order valence-electron chi connectivity index (χ0n) is 26.3. The molecule has 2 heterocycles. The van der Waals surface area contributed by atoms with Crippen molar-refractivity contribution < 1.29 is 4.42 Å². The van der Waals surface area contributed by atoms with Crippen molar-refractivity contribution in [2.45, 2.75) is 0 Å². The van der Waals surface area contributed by atoms with Gasteiger partial charge in [-0.2, -0.15) is 0 Å². The number of fused-ring (bicyclic) bond motifs is 6. The number of benzene rings is 8.